The van der Waals surface area contributed by atoms with E-state index >= 15 is 0 Å². The van der Waals surface area contributed by atoms with Gasteiger partial charge >= 0.3 is 0 Å². The quantitative estimate of drug-likeness (QED) is 0.247. The molecule has 0 aliphatic carbocycles. The molecule has 0 radical (unpaired) electrons. The third-order valence-electron chi connectivity index (χ3n) is 4.27. The first-order chi connectivity index (χ1) is 14.7. The Hall–Kier alpha value is -3.50. The Morgan fingerprint density at radius 2 is 1.71 bits per heavy atom. The molecule has 0 spiro atoms. The van der Waals surface area contributed by atoms with Crippen LogP contribution < -0.4 is 10.3 Å². The van der Waals surface area contributed by atoms with Crippen LogP contribution in [0, 0.1) is 10.1 Å². The van der Waals surface area contributed by atoms with Crippen LogP contribution in [-0.4, -0.2) is 51.0 Å². The number of hydrogen-bond donors (Lipinski definition) is 1. The fourth-order valence-corrected chi connectivity index (χ4v) is 4.21. The van der Waals surface area contributed by atoms with E-state index in [0.717, 1.165) is 21.6 Å². The van der Waals surface area contributed by atoms with Crippen LogP contribution in [0.1, 0.15) is 5.56 Å². The molecule has 9 nitrogen and oxygen atoms in total. The molecular weight excluding hydrogens is 418 g/mol. The van der Waals surface area contributed by atoms with Crippen molar-refractivity contribution < 1.29 is 13.3 Å². The van der Waals surface area contributed by atoms with Gasteiger partial charge in [0.2, 0.25) is 10.0 Å². The first-order valence-corrected chi connectivity index (χ1v) is 10.7. The van der Waals surface area contributed by atoms with Gasteiger partial charge in [0.1, 0.15) is 4.90 Å². The molecule has 0 aromatic heterocycles. The molecule has 10 heteroatoms. The monoisotopic (exact) mass is 443 g/mol. The van der Waals surface area contributed by atoms with E-state index in [1.165, 1.54) is 30.5 Å². The molecule has 164 valence electrons. The lowest BCUT2D eigenvalue weighted by molar-refractivity contribution is -0.385. The van der Waals surface area contributed by atoms with Crippen LogP contribution in [-0.2, 0) is 10.0 Å². The molecule has 31 heavy (non-hydrogen) atoms. The highest BCUT2D eigenvalue weighted by molar-refractivity contribution is 7.89. The minimum atomic E-state index is -4.08. The van der Waals surface area contributed by atoms with Crippen molar-refractivity contribution in [2.45, 2.75) is 4.90 Å². The molecule has 0 aliphatic heterocycles. The molecule has 2 rings (SSSR count). The molecule has 0 saturated carbocycles. The normalized spacial score (nSPS) is 11.5. The molecule has 2 aromatic rings. The zero-order chi connectivity index (χ0) is 23.0. The number of non-ortho nitro benzene ring substituents is 1. The summed E-state index contributed by atoms with van der Waals surface area (Å²) in [4.78, 5) is 12.3. The van der Waals surface area contributed by atoms with Crippen LogP contribution in [0.15, 0.2) is 77.8 Å². The number of anilines is 2. The van der Waals surface area contributed by atoms with Crippen molar-refractivity contribution in [1.29, 1.82) is 0 Å². The van der Waals surface area contributed by atoms with Crippen molar-refractivity contribution in [3.8, 4) is 0 Å². The van der Waals surface area contributed by atoms with Crippen LogP contribution >= 0.6 is 0 Å². The van der Waals surface area contributed by atoms with E-state index in [1.807, 2.05) is 43.3 Å². The van der Waals surface area contributed by atoms with E-state index in [0.29, 0.717) is 0 Å². The van der Waals surface area contributed by atoms with E-state index in [9.17, 15) is 18.5 Å². The van der Waals surface area contributed by atoms with Gasteiger partial charge in [-0.05, 0) is 23.8 Å². The van der Waals surface area contributed by atoms with Crippen molar-refractivity contribution in [3.63, 3.8) is 0 Å². The Balaban J connectivity index is 2.39. The fourth-order valence-electron chi connectivity index (χ4n) is 2.66. The topological polar surface area (TPSA) is 108 Å². The Bertz CT molecular complexity index is 1070. The second kappa shape index (κ2) is 10.5. The van der Waals surface area contributed by atoms with Gasteiger partial charge in [0.15, 0.2) is 0 Å². The summed E-state index contributed by atoms with van der Waals surface area (Å²) in [6.07, 6.45) is 4.39. The first-order valence-electron chi connectivity index (χ1n) is 9.27. The maximum absolute atomic E-state index is 13.2. The van der Waals surface area contributed by atoms with E-state index in [2.05, 4.69) is 23.7 Å². The van der Waals surface area contributed by atoms with Crippen molar-refractivity contribution >= 4 is 33.3 Å². The lowest BCUT2D eigenvalue weighted by Crippen LogP contribution is -2.31. The number of benzene rings is 2. The third kappa shape index (κ3) is 6.00. The standard InChI is InChI=1S/C21H25N5O4S/c1-5-13-25(14-6-2)31(29,30)21-15-19(26(27)28)11-12-20(21)23-22-16-17-7-9-18(10-8-17)24(3)4/h5-12,15-16,23H,1-2,13-14H2,3-4H3/b22-16+. The number of nitrogens with zero attached hydrogens (tertiary/aromatic N) is 4. The van der Waals surface area contributed by atoms with E-state index in [1.54, 1.807) is 0 Å². The summed E-state index contributed by atoms with van der Waals surface area (Å²) >= 11 is 0. The summed E-state index contributed by atoms with van der Waals surface area (Å²) in [5.74, 6) is 0. The molecule has 0 unspecified atom stereocenters. The Labute approximate surface area is 182 Å². The lowest BCUT2D eigenvalue weighted by atomic mass is 10.2. The van der Waals surface area contributed by atoms with Crippen LogP contribution in [0.5, 0.6) is 0 Å². The van der Waals surface area contributed by atoms with Crippen molar-refractivity contribution in [2.24, 2.45) is 5.10 Å². The Morgan fingerprint density at radius 3 is 2.23 bits per heavy atom. The number of hydrogen-bond acceptors (Lipinski definition) is 7. The van der Waals surface area contributed by atoms with Gasteiger partial charge in [-0.25, -0.2) is 8.42 Å². The maximum atomic E-state index is 13.2. The van der Waals surface area contributed by atoms with Crippen LogP contribution in [0.4, 0.5) is 17.1 Å². The van der Waals surface area contributed by atoms with Gasteiger partial charge in [-0.2, -0.15) is 9.41 Å². The average molecular weight is 444 g/mol. The summed E-state index contributed by atoms with van der Waals surface area (Å²) in [5.41, 5.74) is 4.28. The van der Waals surface area contributed by atoms with Crippen molar-refractivity contribution in [1.82, 2.24) is 4.31 Å². The molecule has 0 fully saturated rings. The molecule has 0 aliphatic rings. The second-order valence-electron chi connectivity index (χ2n) is 6.69. The molecule has 0 bridgehead atoms. The lowest BCUT2D eigenvalue weighted by Gasteiger charge is -2.20. The largest absolute Gasteiger partial charge is 0.378 e. The highest BCUT2D eigenvalue weighted by Crippen LogP contribution is 2.29. The Kier molecular flexibility index (Phi) is 8.06. The minimum Gasteiger partial charge on any atom is -0.378 e. The van der Waals surface area contributed by atoms with Crippen LogP contribution in [0.3, 0.4) is 0 Å². The van der Waals surface area contributed by atoms with Gasteiger partial charge in [-0.1, -0.05) is 24.3 Å². The van der Waals surface area contributed by atoms with Gasteiger partial charge in [0.05, 0.1) is 16.8 Å². The SMILES string of the molecule is C=CCN(CC=C)S(=O)(=O)c1cc([N+](=O)[O-])ccc1N/N=C/c1ccc(N(C)C)cc1. The molecule has 0 heterocycles. The van der Waals surface area contributed by atoms with Crippen molar-refractivity contribution in [3.05, 3.63) is 83.5 Å². The summed E-state index contributed by atoms with van der Waals surface area (Å²) in [6.45, 7) is 7.19. The summed E-state index contributed by atoms with van der Waals surface area (Å²) in [5, 5.41) is 15.3. The number of hydrazone groups is 1. The molecule has 0 saturated heterocycles. The molecule has 2 aromatic carbocycles. The van der Waals surface area contributed by atoms with Gasteiger partial charge in [0, 0.05) is 45.0 Å². The predicted octanol–water partition coefficient (Wildman–Crippen LogP) is 3.47. The van der Waals surface area contributed by atoms with E-state index in [4.69, 9.17) is 0 Å². The summed E-state index contributed by atoms with van der Waals surface area (Å²) in [6, 6.07) is 11.1. The zero-order valence-electron chi connectivity index (χ0n) is 17.4. The van der Waals surface area contributed by atoms with Crippen LogP contribution in [0.25, 0.3) is 0 Å². The average Bonchev–Trinajstić information content (AvgIpc) is 2.74. The number of nitro groups is 1. The fraction of sp³-hybridized carbons (Fsp3) is 0.190. The van der Waals surface area contributed by atoms with E-state index in [-0.39, 0.29) is 29.4 Å². The zero-order valence-corrected chi connectivity index (χ0v) is 18.2. The number of nitro benzene ring substituents is 1. The molecular formula is C21H25N5O4S. The highest BCUT2D eigenvalue weighted by Gasteiger charge is 2.27. The predicted molar refractivity (Wildman–Crippen MR) is 124 cm³/mol. The first kappa shape index (κ1) is 23.8. The summed E-state index contributed by atoms with van der Waals surface area (Å²) < 4.78 is 27.4. The third-order valence-corrected chi connectivity index (χ3v) is 6.14. The number of sulfonamides is 1. The maximum Gasteiger partial charge on any atom is 0.270 e. The van der Waals surface area contributed by atoms with E-state index < -0.39 is 14.9 Å². The second-order valence-corrected chi connectivity index (χ2v) is 8.60. The molecule has 1 N–H and O–H groups in total. The Morgan fingerprint density at radius 1 is 1.10 bits per heavy atom. The smallest absolute Gasteiger partial charge is 0.270 e. The minimum absolute atomic E-state index is 0.0258. The number of nitrogens with one attached hydrogen (secondary N) is 1. The molecule has 0 amide bonds. The van der Waals surface area contributed by atoms with Gasteiger partial charge in [-0.3, -0.25) is 15.5 Å². The molecule has 0 atom stereocenters. The van der Waals surface area contributed by atoms with Crippen molar-refractivity contribution in [2.75, 3.05) is 37.5 Å². The number of rotatable bonds is 11. The van der Waals surface area contributed by atoms with Gasteiger partial charge in [-0.15, -0.1) is 13.2 Å². The highest BCUT2D eigenvalue weighted by atomic mass is 32.2. The van der Waals surface area contributed by atoms with Gasteiger partial charge < -0.3 is 4.90 Å². The van der Waals surface area contributed by atoms with Crippen LogP contribution in [0.2, 0.25) is 0 Å². The van der Waals surface area contributed by atoms with Gasteiger partial charge in [0.25, 0.3) is 5.69 Å². The summed E-state index contributed by atoms with van der Waals surface area (Å²) in [7, 11) is -0.210.